The highest BCUT2D eigenvalue weighted by molar-refractivity contribution is 6.00. The van der Waals surface area contributed by atoms with Crippen molar-refractivity contribution in [2.45, 2.75) is 13.8 Å². The van der Waals surface area contributed by atoms with Crippen LogP contribution in [0.25, 0.3) is 11.0 Å². The molecule has 0 radical (unpaired) electrons. The van der Waals surface area contributed by atoms with Gasteiger partial charge in [0.1, 0.15) is 17.9 Å². The molecule has 1 aromatic carbocycles. The predicted molar refractivity (Wildman–Crippen MR) is 76.5 cm³/mol. The maximum atomic E-state index is 12.0. The van der Waals surface area contributed by atoms with Crippen LogP contribution in [0.1, 0.15) is 23.0 Å². The van der Waals surface area contributed by atoms with Gasteiger partial charge < -0.3 is 19.2 Å². The molecule has 6 nitrogen and oxygen atoms in total. The number of rotatable bonds is 5. The predicted octanol–water partition coefficient (Wildman–Crippen LogP) is 2.04. The number of nitrogens with one attached hydrogen (secondary N) is 1. The first-order chi connectivity index (χ1) is 10.1. The van der Waals surface area contributed by atoms with Gasteiger partial charge in [0.25, 0.3) is 5.91 Å². The number of furan rings is 1. The Morgan fingerprint density at radius 2 is 2.10 bits per heavy atom. The zero-order valence-corrected chi connectivity index (χ0v) is 12.2. The van der Waals surface area contributed by atoms with E-state index in [2.05, 4.69) is 10.1 Å². The molecule has 0 fully saturated rings. The lowest BCUT2D eigenvalue weighted by Gasteiger charge is -2.02. The Morgan fingerprint density at radius 1 is 1.33 bits per heavy atom. The SMILES string of the molecule is CCOc1ccc2oc(C(=O)NCC(=O)OC)c(C)c2c1. The lowest BCUT2D eigenvalue weighted by atomic mass is 10.1. The fourth-order valence-electron chi connectivity index (χ4n) is 1.98. The van der Waals surface area contributed by atoms with Gasteiger partial charge >= 0.3 is 5.97 Å². The van der Waals surface area contributed by atoms with Crippen LogP contribution in [0.2, 0.25) is 0 Å². The summed E-state index contributed by atoms with van der Waals surface area (Å²) in [6.45, 7) is 4.05. The molecule has 0 aliphatic heterocycles. The van der Waals surface area contributed by atoms with Crippen LogP contribution in [0.4, 0.5) is 0 Å². The summed E-state index contributed by atoms with van der Waals surface area (Å²) in [4.78, 5) is 23.1. The Hall–Kier alpha value is -2.50. The largest absolute Gasteiger partial charge is 0.494 e. The third-order valence-electron chi connectivity index (χ3n) is 3.05. The molecule has 6 heteroatoms. The lowest BCUT2D eigenvalue weighted by molar-refractivity contribution is -0.139. The Bertz CT molecular complexity index is 674. The molecule has 0 spiro atoms. The molecule has 1 heterocycles. The van der Waals surface area contributed by atoms with Gasteiger partial charge in [-0.2, -0.15) is 0 Å². The van der Waals surface area contributed by atoms with Crippen LogP contribution in [-0.2, 0) is 9.53 Å². The molecule has 0 saturated heterocycles. The van der Waals surface area contributed by atoms with E-state index >= 15 is 0 Å². The molecule has 21 heavy (non-hydrogen) atoms. The molecule has 0 saturated carbocycles. The second-order valence-corrected chi connectivity index (χ2v) is 4.41. The molecule has 0 unspecified atom stereocenters. The summed E-state index contributed by atoms with van der Waals surface area (Å²) >= 11 is 0. The first kappa shape index (κ1) is 14.9. The van der Waals surface area contributed by atoms with Crippen LogP contribution in [0.3, 0.4) is 0 Å². The fraction of sp³-hybridized carbons (Fsp3) is 0.333. The molecule has 112 valence electrons. The summed E-state index contributed by atoms with van der Waals surface area (Å²) in [6, 6.07) is 5.37. The highest BCUT2D eigenvalue weighted by Gasteiger charge is 2.18. The van der Waals surface area contributed by atoms with Gasteiger partial charge in [0, 0.05) is 10.9 Å². The third kappa shape index (κ3) is 3.16. The topological polar surface area (TPSA) is 77.8 Å². The van der Waals surface area contributed by atoms with Crippen molar-refractivity contribution in [2.75, 3.05) is 20.3 Å². The number of carbonyl (C=O) groups excluding carboxylic acids is 2. The monoisotopic (exact) mass is 291 g/mol. The number of hydrogen-bond donors (Lipinski definition) is 1. The van der Waals surface area contributed by atoms with E-state index in [1.807, 2.05) is 13.0 Å². The van der Waals surface area contributed by atoms with Crippen molar-refractivity contribution >= 4 is 22.8 Å². The van der Waals surface area contributed by atoms with Crippen LogP contribution in [0, 0.1) is 6.92 Å². The number of fused-ring (bicyclic) bond motifs is 1. The third-order valence-corrected chi connectivity index (χ3v) is 3.05. The highest BCUT2D eigenvalue weighted by atomic mass is 16.5. The van der Waals surface area contributed by atoms with Gasteiger partial charge in [0.05, 0.1) is 13.7 Å². The maximum Gasteiger partial charge on any atom is 0.325 e. The van der Waals surface area contributed by atoms with E-state index in [0.29, 0.717) is 17.8 Å². The van der Waals surface area contributed by atoms with Gasteiger partial charge in [-0.3, -0.25) is 9.59 Å². The van der Waals surface area contributed by atoms with Crippen molar-refractivity contribution in [1.82, 2.24) is 5.32 Å². The molecule has 2 aromatic rings. The van der Waals surface area contributed by atoms with Crippen molar-refractivity contribution in [2.24, 2.45) is 0 Å². The number of amides is 1. The first-order valence-electron chi connectivity index (χ1n) is 6.57. The zero-order valence-electron chi connectivity index (χ0n) is 12.2. The summed E-state index contributed by atoms with van der Waals surface area (Å²) in [7, 11) is 1.26. The second-order valence-electron chi connectivity index (χ2n) is 4.41. The molecule has 2 rings (SSSR count). The Balaban J connectivity index is 2.26. The second kappa shape index (κ2) is 6.30. The van der Waals surface area contributed by atoms with E-state index in [0.717, 1.165) is 11.1 Å². The Kier molecular flexibility index (Phi) is 4.47. The van der Waals surface area contributed by atoms with Crippen molar-refractivity contribution < 1.29 is 23.5 Å². The van der Waals surface area contributed by atoms with Crippen LogP contribution >= 0.6 is 0 Å². The number of ether oxygens (including phenoxy) is 2. The summed E-state index contributed by atoms with van der Waals surface area (Å²) in [5.74, 6) is -0.0687. The molecule has 0 aliphatic carbocycles. The Morgan fingerprint density at radius 3 is 2.76 bits per heavy atom. The van der Waals surface area contributed by atoms with Gasteiger partial charge in [-0.1, -0.05) is 0 Å². The summed E-state index contributed by atoms with van der Waals surface area (Å²) in [5.41, 5.74) is 1.30. The smallest absolute Gasteiger partial charge is 0.325 e. The van der Waals surface area contributed by atoms with Crippen LogP contribution < -0.4 is 10.1 Å². The lowest BCUT2D eigenvalue weighted by Crippen LogP contribution is -2.30. The van der Waals surface area contributed by atoms with Crippen molar-refractivity contribution in [1.29, 1.82) is 0 Å². The van der Waals surface area contributed by atoms with Crippen LogP contribution in [0.5, 0.6) is 5.75 Å². The van der Waals surface area contributed by atoms with Crippen LogP contribution in [0.15, 0.2) is 22.6 Å². The number of carbonyl (C=O) groups is 2. The van der Waals surface area contributed by atoms with Gasteiger partial charge in [0.15, 0.2) is 5.76 Å². The van der Waals surface area contributed by atoms with Gasteiger partial charge in [-0.25, -0.2) is 0 Å². The number of hydrogen-bond acceptors (Lipinski definition) is 5. The summed E-state index contributed by atoms with van der Waals surface area (Å²) in [5, 5.41) is 3.26. The van der Waals surface area contributed by atoms with E-state index in [9.17, 15) is 9.59 Å². The summed E-state index contributed by atoms with van der Waals surface area (Å²) < 4.78 is 15.4. The van der Waals surface area contributed by atoms with E-state index < -0.39 is 11.9 Å². The minimum atomic E-state index is -0.518. The number of benzene rings is 1. The molecule has 0 aliphatic rings. The molecule has 0 atom stereocenters. The van der Waals surface area contributed by atoms with Gasteiger partial charge in [0.2, 0.25) is 0 Å². The number of aryl methyl sites for hydroxylation is 1. The standard InChI is InChI=1S/C15H17NO5/c1-4-20-10-5-6-12-11(7-10)9(2)14(21-12)15(18)16-8-13(17)19-3/h5-7H,4,8H2,1-3H3,(H,16,18). The normalized spacial score (nSPS) is 10.4. The first-order valence-corrected chi connectivity index (χ1v) is 6.57. The quantitative estimate of drug-likeness (QED) is 0.853. The maximum absolute atomic E-state index is 12.0. The Labute approximate surface area is 122 Å². The van der Waals surface area contributed by atoms with E-state index in [1.54, 1.807) is 19.1 Å². The minimum absolute atomic E-state index is 0.183. The summed E-state index contributed by atoms with van der Waals surface area (Å²) in [6.07, 6.45) is 0. The highest BCUT2D eigenvalue weighted by Crippen LogP contribution is 2.28. The average Bonchev–Trinajstić information content (AvgIpc) is 2.82. The minimum Gasteiger partial charge on any atom is -0.494 e. The molecule has 1 amide bonds. The number of methoxy groups -OCH3 is 1. The molecule has 1 aromatic heterocycles. The molecular weight excluding hydrogens is 274 g/mol. The van der Waals surface area contributed by atoms with E-state index in [1.165, 1.54) is 7.11 Å². The molecular formula is C15H17NO5. The zero-order chi connectivity index (χ0) is 15.4. The fourth-order valence-corrected chi connectivity index (χ4v) is 1.98. The van der Waals surface area contributed by atoms with Gasteiger partial charge in [-0.05, 0) is 32.0 Å². The van der Waals surface area contributed by atoms with E-state index in [4.69, 9.17) is 9.15 Å². The van der Waals surface area contributed by atoms with Crippen molar-refractivity contribution in [3.63, 3.8) is 0 Å². The average molecular weight is 291 g/mol. The van der Waals surface area contributed by atoms with Crippen LogP contribution in [-0.4, -0.2) is 32.1 Å². The number of esters is 1. The molecule has 0 bridgehead atoms. The van der Waals surface area contributed by atoms with Gasteiger partial charge in [-0.15, -0.1) is 0 Å². The van der Waals surface area contributed by atoms with E-state index in [-0.39, 0.29) is 12.3 Å². The molecule has 1 N–H and O–H groups in total. The van der Waals surface area contributed by atoms with Crippen molar-refractivity contribution in [3.05, 3.63) is 29.5 Å². The van der Waals surface area contributed by atoms with Crippen molar-refractivity contribution in [3.8, 4) is 5.75 Å².